The van der Waals surface area contributed by atoms with Crippen molar-refractivity contribution >= 4 is 23.2 Å². The van der Waals surface area contributed by atoms with Crippen molar-refractivity contribution < 1.29 is 9.13 Å². The Hall–Kier alpha value is -1.46. The maximum absolute atomic E-state index is 13.6. The molecule has 4 nitrogen and oxygen atoms in total. The Kier molecular flexibility index (Phi) is 3.40. The number of nitrogens with zero attached hydrogens (tertiary/aromatic N) is 3. The topological polar surface area (TPSA) is 47.9 Å². The highest BCUT2D eigenvalue weighted by Gasteiger charge is 2.10. The van der Waals surface area contributed by atoms with Crippen LogP contribution < -0.4 is 4.74 Å². The van der Waals surface area contributed by atoms with Crippen molar-refractivity contribution in [3.63, 3.8) is 0 Å². The minimum atomic E-state index is -0.486. The quantitative estimate of drug-likeness (QED) is 0.841. The van der Waals surface area contributed by atoms with E-state index in [-0.39, 0.29) is 22.3 Å². The maximum atomic E-state index is 13.6. The molecule has 7 heteroatoms. The van der Waals surface area contributed by atoms with E-state index in [1.54, 1.807) is 19.1 Å². The first-order valence-corrected chi connectivity index (χ1v) is 5.32. The molecule has 2 aromatic rings. The molecule has 0 radical (unpaired) electrons. The number of rotatable bonds is 2. The van der Waals surface area contributed by atoms with E-state index in [4.69, 9.17) is 27.9 Å². The van der Waals surface area contributed by atoms with Crippen molar-refractivity contribution in [3.8, 4) is 11.8 Å². The Morgan fingerprint density at radius 2 is 1.76 bits per heavy atom. The van der Waals surface area contributed by atoms with Crippen LogP contribution in [-0.4, -0.2) is 15.0 Å². The van der Waals surface area contributed by atoms with Gasteiger partial charge in [-0.15, -0.1) is 0 Å². The molecule has 1 aromatic heterocycles. The molecule has 0 aliphatic rings. The molecule has 0 bridgehead atoms. The van der Waals surface area contributed by atoms with Gasteiger partial charge in [0.15, 0.2) is 11.6 Å². The predicted molar refractivity (Wildman–Crippen MR) is 61.1 cm³/mol. The molecule has 0 atom stereocenters. The van der Waals surface area contributed by atoms with E-state index < -0.39 is 5.82 Å². The lowest BCUT2D eigenvalue weighted by atomic mass is 10.2. The number of halogens is 3. The Balaban J connectivity index is 2.34. The van der Waals surface area contributed by atoms with E-state index in [1.807, 2.05) is 0 Å². The molecule has 2 rings (SSSR count). The number of benzene rings is 1. The smallest absolute Gasteiger partial charge is 0.327 e. The van der Waals surface area contributed by atoms with Gasteiger partial charge in [0.2, 0.25) is 10.6 Å². The molecule has 0 amide bonds. The van der Waals surface area contributed by atoms with Crippen LogP contribution in [0, 0.1) is 12.7 Å². The van der Waals surface area contributed by atoms with Gasteiger partial charge in [-0.3, -0.25) is 0 Å². The van der Waals surface area contributed by atoms with E-state index in [1.165, 1.54) is 6.07 Å². The van der Waals surface area contributed by atoms with Crippen molar-refractivity contribution in [2.45, 2.75) is 6.92 Å². The summed E-state index contributed by atoms with van der Waals surface area (Å²) in [5.41, 5.74) is 0.453. The lowest BCUT2D eigenvalue weighted by molar-refractivity contribution is 0.408. The summed E-state index contributed by atoms with van der Waals surface area (Å²) >= 11 is 11.1. The SMILES string of the molecule is Cc1cccc(Oc2nc(Cl)nc(Cl)n2)c1F. The Bertz CT molecular complexity index is 545. The average Bonchev–Trinajstić information content (AvgIpc) is 2.23. The minimum Gasteiger partial charge on any atom is -0.421 e. The molecule has 1 aromatic carbocycles. The van der Waals surface area contributed by atoms with Gasteiger partial charge >= 0.3 is 6.01 Å². The van der Waals surface area contributed by atoms with Crippen molar-refractivity contribution in [2.24, 2.45) is 0 Å². The summed E-state index contributed by atoms with van der Waals surface area (Å²) in [4.78, 5) is 10.9. The zero-order valence-corrected chi connectivity index (χ0v) is 10.1. The molecular formula is C10H6Cl2FN3O. The second-order valence-corrected chi connectivity index (χ2v) is 3.82. The standard InChI is InChI=1S/C10H6Cl2FN3O/c1-5-3-2-4-6(7(5)13)17-10-15-8(11)14-9(12)16-10/h2-4H,1H3. The molecule has 17 heavy (non-hydrogen) atoms. The summed E-state index contributed by atoms with van der Waals surface area (Å²) in [6.45, 7) is 1.62. The Morgan fingerprint density at radius 3 is 2.41 bits per heavy atom. The molecule has 0 aliphatic carbocycles. The van der Waals surface area contributed by atoms with Gasteiger partial charge in [-0.1, -0.05) is 12.1 Å². The van der Waals surface area contributed by atoms with Crippen molar-refractivity contribution in [1.29, 1.82) is 0 Å². The van der Waals surface area contributed by atoms with Crippen LogP contribution in [0.2, 0.25) is 10.6 Å². The third-order valence-corrected chi connectivity index (χ3v) is 2.26. The molecule has 0 unspecified atom stereocenters. The zero-order valence-electron chi connectivity index (χ0n) is 8.62. The molecule has 0 N–H and O–H groups in total. The van der Waals surface area contributed by atoms with Crippen LogP contribution in [-0.2, 0) is 0 Å². The highest BCUT2D eigenvalue weighted by molar-refractivity contribution is 6.31. The second-order valence-electron chi connectivity index (χ2n) is 3.15. The lowest BCUT2D eigenvalue weighted by Crippen LogP contribution is -1.97. The van der Waals surface area contributed by atoms with Gasteiger partial charge in [0.1, 0.15) is 0 Å². The second kappa shape index (κ2) is 4.81. The van der Waals surface area contributed by atoms with E-state index in [0.717, 1.165) is 0 Å². The number of aryl methyl sites for hydroxylation is 1. The monoisotopic (exact) mass is 273 g/mol. The molecule has 1 heterocycles. The highest BCUT2D eigenvalue weighted by Crippen LogP contribution is 2.24. The first kappa shape index (κ1) is 12.0. The summed E-state index contributed by atoms with van der Waals surface area (Å²) in [5, 5.41) is -0.235. The number of hydrogen-bond acceptors (Lipinski definition) is 4. The van der Waals surface area contributed by atoms with Crippen molar-refractivity contribution in [3.05, 3.63) is 40.1 Å². The van der Waals surface area contributed by atoms with Crippen molar-refractivity contribution in [1.82, 2.24) is 15.0 Å². The normalized spacial score (nSPS) is 10.4. The summed E-state index contributed by atoms with van der Waals surface area (Å²) in [6.07, 6.45) is 0. The van der Waals surface area contributed by atoms with E-state index in [2.05, 4.69) is 15.0 Å². The average molecular weight is 274 g/mol. The van der Waals surface area contributed by atoms with Gasteiger partial charge in [-0.2, -0.15) is 15.0 Å². The van der Waals surface area contributed by atoms with E-state index in [0.29, 0.717) is 5.56 Å². The minimum absolute atomic E-state index is 0.00309. The summed E-state index contributed by atoms with van der Waals surface area (Å²) in [5.74, 6) is -0.483. The largest absolute Gasteiger partial charge is 0.421 e. The summed E-state index contributed by atoms with van der Waals surface area (Å²) < 4.78 is 18.8. The fourth-order valence-corrected chi connectivity index (χ4v) is 1.50. The Morgan fingerprint density at radius 1 is 1.12 bits per heavy atom. The van der Waals surface area contributed by atoms with Crippen LogP contribution >= 0.6 is 23.2 Å². The first-order valence-electron chi connectivity index (χ1n) is 4.56. The van der Waals surface area contributed by atoms with E-state index in [9.17, 15) is 4.39 Å². The van der Waals surface area contributed by atoms with Gasteiger partial charge in [0.05, 0.1) is 0 Å². The molecular weight excluding hydrogens is 268 g/mol. The van der Waals surface area contributed by atoms with Crippen LogP contribution in [0.4, 0.5) is 4.39 Å². The van der Waals surface area contributed by atoms with Crippen LogP contribution in [0.15, 0.2) is 18.2 Å². The number of ether oxygens (including phenoxy) is 1. The maximum Gasteiger partial charge on any atom is 0.327 e. The molecule has 0 fully saturated rings. The predicted octanol–water partition coefficient (Wildman–Crippen LogP) is 3.42. The fourth-order valence-electron chi connectivity index (χ4n) is 1.15. The molecule has 0 aliphatic heterocycles. The van der Waals surface area contributed by atoms with Gasteiger partial charge in [0.25, 0.3) is 0 Å². The van der Waals surface area contributed by atoms with Gasteiger partial charge in [0, 0.05) is 0 Å². The third-order valence-electron chi connectivity index (χ3n) is 1.92. The van der Waals surface area contributed by atoms with Gasteiger partial charge in [-0.25, -0.2) is 4.39 Å². The number of aromatic nitrogens is 3. The van der Waals surface area contributed by atoms with E-state index >= 15 is 0 Å². The number of hydrogen-bond donors (Lipinski definition) is 0. The summed E-state index contributed by atoms with van der Waals surface area (Å²) in [7, 11) is 0. The first-order chi connectivity index (χ1) is 8.06. The molecule has 88 valence electrons. The van der Waals surface area contributed by atoms with Crippen LogP contribution in [0.1, 0.15) is 5.56 Å². The van der Waals surface area contributed by atoms with Crippen LogP contribution in [0.5, 0.6) is 11.8 Å². The molecule has 0 spiro atoms. The fraction of sp³-hybridized carbons (Fsp3) is 0.100. The van der Waals surface area contributed by atoms with Crippen molar-refractivity contribution in [2.75, 3.05) is 0 Å². The summed E-state index contributed by atoms with van der Waals surface area (Å²) in [6, 6.07) is 4.57. The lowest BCUT2D eigenvalue weighted by Gasteiger charge is -2.06. The zero-order chi connectivity index (χ0) is 12.4. The molecule has 0 saturated carbocycles. The Labute approximate surface area is 106 Å². The molecule has 0 saturated heterocycles. The highest BCUT2D eigenvalue weighted by atomic mass is 35.5. The third kappa shape index (κ3) is 2.81. The van der Waals surface area contributed by atoms with Gasteiger partial charge in [-0.05, 0) is 41.8 Å². The van der Waals surface area contributed by atoms with Gasteiger partial charge < -0.3 is 4.74 Å². The van der Waals surface area contributed by atoms with Crippen LogP contribution in [0.25, 0.3) is 0 Å². The van der Waals surface area contributed by atoms with Crippen LogP contribution in [0.3, 0.4) is 0 Å².